The number of aromatic hydroxyl groups is 1. The van der Waals surface area contributed by atoms with Gasteiger partial charge >= 0.3 is 0 Å². The van der Waals surface area contributed by atoms with Crippen molar-refractivity contribution in [3.05, 3.63) is 93.2 Å². The van der Waals surface area contributed by atoms with E-state index in [1.54, 1.807) is 31.4 Å². The number of hydrogen-bond acceptors (Lipinski definition) is 6. The molecule has 2 aromatic heterocycles. The van der Waals surface area contributed by atoms with Gasteiger partial charge in [0.25, 0.3) is 5.56 Å². The van der Waals surface area contributed by atoms with Crippen molar-refractivity contribution in [2.45, 2.75) is 25.4 Å². The number of phenolic OH excluding ortho intramolecular Hbond substituents is 1. The third-order valence-corrected chi connectivity index (χ3v) is 8.37. The molecule has 5 heterocycles. The number of pyridine rings is 1. The minimum Gasteiger partial charge on any atom is -0.507 e. The lowest BCUT2D eigenvalue weighted by atomic mass is 9.83. The molecule has 0 aliphatic carbocycles. The number of aromatic nitrogens is 2. The number of carbonyl (C=O) groups is 1. The zero-order valence-corrected chi connectivity index (χ0v) is 21.9. The average Bonchev–Trinajstić information content (AvgIpc) is 3.41. The fourth-order valence-electron chi connectivity index (χ4n) is 6.58. The molecule has 8 heteroatoms. The molecule has 1 N–H and O–H groups in total. The number of Topliss-reactive ketones (excluding diaryl/α,β-unsaturated/α-hetero) is 1. The Balaban J connectivity index is 1.20. The first-order chi connectivity index (χ1) is 18.9. The number of ketones is 1. The van der Waals surface area contributed by atoms with Crippen LogP contribution in [0.1, 0.15) is 39.5 Å². The second-order valence-electron chi connectivity index (χ2n) is 10.9. The Kier molecular flexibility index (Phi) is 5.42. The van der Waals surface area contributed by atoms with Gasteiger partial charge in [0.2, 0.25) is 5.78 Å². The molecule has 0 unspecified atom stereocenters. The van der Waals surface area contributed by atoms with E-state index in [1.165, 1.54) is 0 Å². The van der Waals surface area contributed by atoms with Crippen LogP contribution in [0, 0.1) is 5.92 Å². The fourth-order valence-corrected chi connectivity index (χ4v) is 6.58. The van der Waals surface area contributed by atoms with E-state index in [9.17, 15) is 14.7 Å². The fraction of sp³-hybridized carbons (Fsp3) is 0.290. The van der Waals surface area contributed by atoms with Crippen molar-refractivity contribution in [1.29, 1.82) is 0 Å². The lowest BCUT2D eigenvalue weighted by Crippen LogP contribution is -2.46. The number of likely N-dealkylation sites (tertiary alicyclic amines) is 1. The van der Waals surface area contributed by atoms with Crippen LogP contribution in [0.5, 0.6) is 17.2 Å². The van der Waals surface area contributed by atoms with E-state index < -0.39 is 0 Å². The summed E-state index contributed by atoms with van der Waals surface area (Å²) in [6.07, 6.45) is 4.78. The van der Waals surface area contributed by atoms with E-state index in [4.69, 9.17) is 9.47 Å². The summed E-state index contributed by atoms with van der Waals surface area (Å²) in [6.45, 7) is 2.76. The standard InChI is InChI=1S/C31H29N3O5/c1-32-15-19(23-12-21(38-2)6-8-26(23)32)11-28-30(37)22-7-9-27(35)24(31(22)39-28)17-33-13-18-10-20(16-33)25-4-3-5-29(36)34(25)14-18/h3-9,11-12,15,18,20,35H,10,13-14,16-17H2,1-2H3/b28-11-/t18-,20+/m1/s1. The van der Waals surface area contributed by atoms with Gasteiger partial charge in [-0.15, -0.1) is 0 Å². The number of hydrogen-bond donors (Lipinski definition) is 1. The van der Waals surface area contributed by atoms with Crippen LogP contribution in [-0.2, 0) is 20.1 Å². The van der Waals surface area contributed by atoms with Crippen molar-refractivity contribution >= 4 is 22.8 Å². The van der Waals surface area contributed by atoms with Gasteiger partial charge in [-0.2, -0.15) is 0 Å². The van der Waals surface area contributed by atoms with Gasteiger partial charge in [-0.1, -0.05) is 6.07 Å². The number of benzene rings is 2. The minimum atomic E-state index is -0.199. The summed E-state index contributed by atoms with van der Waals surface area (Å²) in [5.41, 5.74) is 4.09. The molecule has 3 aliphatic rings. The predicted octanol–water partition coefficient (Wildman–Crippen LogP) is 4.29. The van der Waals surface area contributed by atoms with Gasteiger partial charge in [0, 0.05) is 73.6 Å². The minimum absolute atomic E-state index is 0.0602. The van der Waals surface area contributed by atoms with E-state index in [1.807, 2.05) is 52.7 Å². The zero-order valence-electron chi connectivity index (χ0n) is 21.9. The number of methoxy groups -OCH3 is 1. The van der Waals surface area contributed by atoms with Gasteiger partial charge in [0.1, 0.15) is 17.2 Å². The highest BCUT2D eigenvalue weighted by Crippen LogP contribution is 2.42. The van der Waals surface area contributed by atoms with Crippen LogP contribution in [0.3, 0.4) is 0 Å². The summed E-state index contributed by atoms with van der Waals surface area (Å²) >= 11 is 0. The molecule has 2 aromatic carbocycles. The molecular formula is C31H29N3O5. The molecule has 0 saturated carbocycles. The first kappa shape index (κ1) is 23.8. The molecular weight excluding hydrogens is 494 g/mol. The molecule has 39 heavy (non-hydrogen) atoms. The smallest absolute Gasteiger partial charge is 0.250 e. The molecule has 8 nitrogen and oxygen atoms in total. The summed E-state index contributed by atoms with van der Waals surface area (Å²) in [5, 5.41) is 11.8. The largest absolute Gasteiger partial charge is 0.507 e. The molecule has 4 aromatic rings. The highest BCUT2D eigenvalue weighted by molar-refractivity contribution is 6.15. The second-order valence-corrected chi connectivity index (χ2v) is 10.9. The topological polar surface area (TPSA) is 85.9 Å². The Bertz CT molecular complexity index is 1750. The first-order valence-electron chi connectivity index (χ1n) is 13.2. The van der Waals surface area contributed by atoms with Crippen LogP contribution in [0.25, 0.3) is 17.0 Å². The maximum Gasteiger partial charge on any atom is 0.250 e. The maximum atomic E-state index is 13.4. The molecule has 2 bridgehead atoms. The van der Waals surface area contributed by atoms with Crippen LogP contribution in [0.2, 0.25) is 0 Å². The van der Waals surface area contributed by atoms with Crippen molar-refractivity contribution < 1.29 is 19.4 Å². The zero-order chi connectivity index (χ0) is 26.8. The number of aryl methyl sites for hydroxylation is 1. The number of piperidine rings is 1. The number of nitrogens with zero attached hydrogens (tertiary/aromatic N) is 3. The van der Waals surface area contributed by atoms with Crippen molar-refractivity contribution in [2.75, 3.05) is 20.2 Å². The van der Waals surface area contributed by atoms with Crippen LogP contribution >= 0.6 is 0 Å². The molecule has 198 valence electrons. The van der Waals surface area contributed by atoms with Crippen LogP contribution in [0.4, 0.5) is 0 Å². The molecule has 7 rings (SSSR count). The summed E-state index contributed by atoms with van der Waals surface area (Å²) in [5.74, 6) is 1.93. The average molecular weight is 524 g/mol. The van der Waals surface area contributed by atoms with E-state index >= 15 is 0 Å². The Morgan fingerprint density at radius 2 is 1.97 bits per heavy atom. The molecule has 1 fully saturated rings. The SMILES string of the molecule is COc1ccc2c(c1)c(/C=C1\Oc3c(ccc(O)c3CN3C[C@H]4C[C@@H](C3)c3cccc(=O)n3C4)C1=O)cn2C. The van der Waals surface area contributed by atoms with Gasteiger partial charge < -0.3 is 23.7 Å². The van der Waals surface area contributed by atoms with E-state index in [-0.39, 0.29) is 28.8 Å². The van der Waals surface area contributed by atoms with Crippen molar-refractivity contribution in [2.24, 2.45) is 13.0 Å². The Hall–Kier alpha value is -4.30. The van der Waals surface area contributed by atoms with Crippen molar-refractivity contribution in [3.63, 3.8) is 0 Å². The van der Waals surface area contributed by atoms with Crippen LogP contribution < -0.4 is 15.0 Å². The molecule has 3 aliphatic heterocycles. The molecule has 0 spiro atoms. The number of rotatable bonds is 4. The highest BCUT2D eigenvalue weighted by atomic mass is 16.5. The third kappa shape index (κ3) is 3.86. The number of phenols is 1. The van der Waals surface area contributed by atoms with Gasteiger partial charge in [0.05, 0.1) is 18.2 Å². The van der Waals surface area contributed by atoms with Crippen LogP contribution in [0.15, 0.2) is 65.3 Å². The van der Waals surface area contributed by atoms with E-state index in [2.05, 4.69) is 4.90 Å². The Morgan fingerprint density at radius 1 is 1.10 bits per heavy atom. The summed E-state index contributed by atoms with van der Waals surface area (Å²) in [6, 6.07) is 14.6. The van der Waals surface area contributed by atoms with Gasteiger partial charge in [0.15, 0.2) is 5.76 Å². The Morgan fingerprint density at radius 3 is 2.82 bits per heavy atom. The molecule has 2 atom stereocenters. The lowest BCUT2D eigenvalue weighted by molar-refractivity contribution is 0.101. The van der Waals surface area contributed by atoms with Gasteiger partial charge in [-0.25, -0.2) is 0 Å². The molecule has 0 amide bonds. The van der Waals surface area contributed by atoms with Gasteiger partial charge in [-0.3, -0.25) is 14.5 Å². The second kappa shape index (κ2) is 8.88. The first-order valence-corrected chi connectivity index (χ1v) is 13.2. The number of allylic oxidation sites excluding steroid dienone is 1. The summed E-state index contributed by atoms with van der Waals surface area (Å²) < 4.78 is 15.5. The highest BCUT2D eigenvalue weighted by Gasteiger charge is 2.37. The normalized spacial score (nSPS) is 21.2. The quantitative estimate of drug-likeness (QED) is 0.402. The maximum absolute atomic E-state index is 13.4. The number of ether oxygens (including phenoxy) is 2. The van der Waals surface area contributed by atoms with Crippen LogP contribution in [-0.4, -0.2) is 45.1 Å². The van der Waals surface area contributed by atoms with Crippen molar-refractivity contribution in [1.82, 2.24) is 14.0 Å². The third-order valence-electron chi connectivity index (χ3n) is 8.37. The van der Waals surface area contributed by atoms with E-state index in [0.29, 0.717) is 35.9 Å². The monoisotopic (exact) mass is 523 g/mol. The number of carbonyl (C=O) groups excluding carboxylic acids is 1. The number of fused-ring (bicyclic) bond motifs is 6. The molecule has 0 radical (unpaired) electrons. The molecule has 1 saturated heterocycles. The Labute approximate surface area is 225 Å². The summed E-state index contributed by atoms with van der Waals surface area (Å²) in [7, 11) is 3.59. The lowest BCUT2D eigenvalue weighted by Gasteiger charge is -2.42. The van der Waals surface area contributed by atoms with E-state index in [0.717, 1.165) is 47.4 Å². The van der Waals surface area contributed by atoms with Gasteiger partial charge in [-0.05, 0) is 54.8 Å². The van der Waals surface area contributed by atoms with Crippen molar-refractivity contribution in [3.8, 4) is 17.2 Å². The summed E-state index contributed by atoms with van der Waals surface area (Å²) in [4.78, 5) is 28.1. The predicted molar refractivity (Wildman–Crippen MR) is 147 cm³/mol.